The lowest BCUT2D eigenvalue weighted by molar-refractivity contribution is 0.462. The number of fused-ring (bicyclic) bond motifs is 1. The van der Waals surface area contributed by atoms with Gasteiger partial charge in [0.2, 0.25) is 0 Å². The van der Waals surface area contributed by atoms with Gasteiger partial charge in [0.1, 0.15) is 11.3 Å². The van der Waals surface area contributed by atoms with E-state index in [2.05, 4.69) is 43.0 Å². The Morgan fingerprint density at radius 1 is 1.07 bits per heavy atom. The number of hydrogen-bond donors (Lipinski definition) is 4. The molecule has 0 unspecified atom stereocenters. The molecule has 0 spiro atoms. The molecular formula is C21H25N7S. The minimum absolute atomic E-state index is 0.175. The molecule has 1 saturated carbocycles. The first kappa shape index (κ1) is 19.5. The highest BCUT2D eigenvalue weighted by Crippen LogP contribution is 2.36. The first-order valence-corrected chi connectivity index (χ1v) is 10.3. The molecule has 29 heavy (non-hydrogen) atoms. The van der Waals surface area contributed by atoms with Crippen LogP contribution in [-0.4, -0.2) is 26.6 Å². The number of hydrogen-bond acceptors (Lipinski definition) is 6. The summed E-state index contributed by atoms with van der Waals surface area (Å²) >= 11 is 5.20. The summed E-state index contributed by atoms with van der Waals surface area (Å²) in [6, 6.07) is 12.1. The maximum Gasteiger partial charge on any atom is 0.182 e. The van der Waals surface area contributed by atoms with Crippen molar-refractivity contribution in [2.75, 3.05) is 17.2 Å². The molecule has 150 valence electrons. The Morgan fingerprint density at radius 2 is 1.79 bits per heavy atom. The van der Waals surface area contributed by atoms with Crippen molar-refractivity contribution in [1.82, 2.24) is 20.3 Å². The molecule has 0 bridgehead atoms. The zero-order valence-electron chi connectivity index (χ0n) is 16.4. The molecular weight excluding hydrogens is 382 g/mol. The van der Waals surface area contributed by atoms with Gasteiger partial charge in [-0.05, 0) is 61.8 Å². The molecule has 4 rings (SSSR count). The first-order valence-electron chi connectivity index (χ1n) is 9.91. The second kappa shape index (κ2) is 8.26. The molecule has 3 aromatic rings. The standard InChI is InChI=1S/C21H25N7S/c1-2-23-20(29)28-18-13-24-16-9-10-17(26-19(16)27-18)25-15-7-5-14(6-8-15)21(22)11-3-4-12-21/h5-10,13H,2-4,11-12,22H2,1H3,(H3,23,25,26,27,28,29). The van der Waals surface area contributed by atoms with E-state index in [4.69, 9.17) is 18.0 Å². The molecule has 8 heteroatoms. The SMILES string of the molecule is CCNC(=S)Nc1cnc2ccc(Nc3ccc(C4(N)CCCC4)cc3)nc2n1. The Balaban J connectivity index is 1.50. The van der Waals surface area contributed by atoms with E-state index < -0.39 is 0 Å². The second-order valence-electron chi connectivity index (χ2n) is 7.34. The summed E-state index contributed by atoms with van der Waals surface area (Å²) in [6.07, 6.45) is 6.16. The summed E-state index contributed by atoms with van der Waals surface area (Å²) in [5.41, 5.74) is 9.79. The fraction of sp³-hybridized carbons (Fsp3) is 0.333. The summed E-state index contributed by atoms with van der Waals surface area (Å²) in [5.74, 6) is 1.26. The van der Waals surface area contributed by atoms with Gasteiger partial charge >= 0.3 is 0 Å². The third-order valence-corrected chi connectivity index (χ3v) is 5.46. The number of anilines is 3. The van der Waals surface area contributed by atoms with Crippen LogP contribution in [0.25, 0.3) is 11.2 Å². The number of thiocarbonyl (C=S) groups is 1. The predicted molar refractivity (Wildman–Crippen MR) is 121 cm³/mol. The van der Waals surface area contributed by atoms with Crippen molar-refractivity contribution in [2.24, 2.45) is 5.73 Å². The Labute approximate surface area is 175 Å². The Hall–Kier alpha value is -2.84. The van der Waals surface area contributed by atoms with Crippen molar-refractivity contribution in [3.63, 3.8) is 0 Å². The van der Waals surface area contributed by atoms with E-state index in [9.17, 15) is 0 Å². The summed E-state index contributed by atoms with van der Waals surface area (Å²) in [4.78, 5) is 13.5. The van der Waals surface area contributed by atoms with Crippen LogP contribution in [0.4, 0.5) is 17.3 Å². The van der Waals surface area contributed by atoms with Crippen molar-refractivity contribution in [3.05, 3.63) is 48.2 Å². The molecule has 1 aliphatic carbocycles. The number of pyridine rings is 1. The molecule has 0 atom stereocenters. The number of rotatable bonds is 5. The maximum absolute atomic E-state index is 6.55. The molecule has 0 saturated heterocycles. The van der Waals surface area contributed by atoms with Crippen LogP contribution in [0.2, 0.25) is 0 Å². The normalized spacial score (nSPS) is 15.2. The summed E-state index contributed by atoms with van der Waals surface area (Å²) in [6.45, 7) is 2.72. The lowest BCUT2D eigenvalue weighted by Gasteiger charge is -2.24. The van der Waals surface area contributed by atoms with Gasteiger partial charge in [-0.25, -0.2) is 15.0 Å². The quantitative estimate of drug-likeness (QED) is 0.474. The summed E-state index contributed by atoms with van der Waals surface area (Å²) < 4.78 is 0. The van der Waals surface area contributed by atoms with Gasteiger partial charge in [-0.3, -0.25) is 0 Å². The van der Waals surface area contributed by atoms with E-state index in [1.807, 2.05) is 31.2 Å². The van der Waals surface area contributed by atoms with Gasteiger partial charge in [0.15, 0.2) is 16.6 Å². The number of nitrogens with zero attached hydrogens (tertiary/aromatic N) is 3. The average Bonchev–Trinajstić information content (AvgIpc) is 3.16. The molecule has 0 amide bonds. The Morgan fingerprint density at radius 3 is 2.52 bits per heavy atom. The first-order chi connectivity index (χ1) is 14.1. The van der Waals surface area contributed by atoms with Crippen molar-refractivity contribution < 1.29 is 0 Å². The van der Waals surface area contributed by atoms with Gasteiger partial charge in [0.05, 0.1) is 6.20 Å². The third-order valence-electron chi connectivity index (χ3n) is 5.21. The van der Waals surface area contributed by atoms with Crippen molar-refractivity contribution >= 4 is 45.8 Å². The lowest BCUT2D eigenvalue weighted by atomic mass is 9.89. The monoisotopic (exact) mass is 407 g/mol. The minimum Gasteiger partial charge on any atom is -0.363 e. The molecule has 0 radical (unpaired) electrons. The largest absolute Gasteiger partial charge is 0.363 e. The van der Waals surface area contributed by atoms with E-state index in [0.717, 1.165) is 30.6 Å². The van der Waals surface area contributed by atoms with Gasteiger partial charge in [-0.2, -0.15) is 0 Å². The summed E-state index contributed by atoms with van der Waals surface area (Å²) in [7, 11) is 0. The number of nitrogens with two attached hydrogens (primary N) is 1. The molecule has 0 aliphatic heterocycles. The highest BCUT2D eigenvalue weighted by Gasteiger charge is 2.30. The van der Waals surface area contributed by atoms with Crippen molar-refractivity contribution in [2.45, 2.75) is 38.1 Å². The highest BCUT2D eigenvalue weighted by atomic mass is 32.1. The topological polar surface area (TPSA) is 101 Å². The van der Waals surface area contributed by atoms with Crippen LogP contribution >= 0.6 is 12.2 Å². The Bertz CT molecular complexity index is 1010. The van der Waals surface area contributed by atoms with Gasteiger partial charge in [-0.1, -0.05) is 25.0 Å². The maximum atomic E-state index is 6.55. The molecule has 1 aromatic carbocycles. The molecule has 1 fully saturated rings. The minimum atomic E-state index is -0.175. The zero-order chi connectivity index (χ0) is 20.3. The van der Waals surface area contributed by atoms with Crippen molar-refractivity contribution in [3.8, 4) is 0 Å². The molecule has 2 heterocycles. The predicted octanol–water partition coefficient (Wildman–Crippen LogP) is 3.80. The fourth-order valence-electron chi connectivity index (χ4n) is 3.68. The van der Waals surface area contributed by atoms with Crippen LogP contribution in [0.1, 0.15) is 38.2 Å². The van der Waals surface area contributed by atoms with E-state index in [0.29, 0.717) is 22.4 Å². The van der Waals surface area contributed by atoms with Crippen LogP contribution in [-0.2, 0) is 5.54 Å². The van der Waals surface area contributed by atoms with Gasteiger partial charge in [0.25, 0.3) is 0 Å². The smallest absolute Gasteiger partial charge is 0.182 e. The van der Waals surface area contributed by atoms with Crippen LogP contribution in [0.15, 0.2) is 42.6 Å². The van der Waals surface area contributed by atoms with E-state index in [-0.39, 0.29) is 5.54 Å². The van der Waals surface area contributed by atoms with Crippen molar-refractivity contribution in [1.29, 1.82) is 0 Å². The van der Waals surface area contributed by atoms with E-state index in [1.165, 1.54) is 18.4 Å². The molecule has 7 nitrogen and oxygen atoms in total. The van der Waals surface area contributed by atoms with Gasteiger partial charge in [-0.15, -0.1) is 0 Å². The second-order valence-corrected chi connectivity index (χ2v) is 7.75. The van der Waals surface area contributed by atoms with Crippen LogP contribution < -0.4 is 21.7 Å². The average molecular weight is 408 g/mol. The lowest BCUT2D eigenvalue weighted by Crippen LogP contribution is -2.32. The van der Waals surface area contributed by atoms with Crippen LogP contribution in [0, 0.1) is 0 Å². The van der Waals surface area contributed by atoms with Crippen LogP contribution in [0.5, 0.6) is 0 Å². The number of benzene rings is 1. The van der Waals surface area contributed by atoms with Gasteiger partial charge < -0.3 is 21.7 Å². The number of nitrogens with one attached hydrogen (secondary N) is 3. The van der Waals surface area contributed by atoms with E-state index in [1.54, 1.807) is 6.20 Å². The van der Waals surface area contributed by atoms with Gasteiger partial charge in [0, 0.05) is 17.8 Å². The molecule has 5 N–H and O–H groups in total. The van der Waals surface area contributed by atoms with Crippen LogP contribution in [0.3, 0.4) is 0 Å². The Kier molecular flexibility index (Phi) is 5.55. The van der Waals surface area contributed by atoms with E-state index >= 15 is 0 Å². The fourth-order valence-corrected chi connectivity index (χ4v) is 3.93. The molecule has 1 aliphatic rings. The third kappa shape index (κ3) is 4.44. The molecule has 2 aromatic heterocycles. The zero-order valence-corrected chi connectivity index (χ0v) is 17.2. The summed E-state index contributed by atoms with van der Waals surface area (Å²) in [5, 5.41) is 9.88. The number of aromatic nitrogens is 3. The highest BCUT2D eigenvalue weighted by molar-refractivity contribution is 7.80.